The van der Waals surface area contributed by atoms with Crippen LogP contribution in [-0.4, -0.2) is 55.9 Å². The predicted molar refractivity (Wildman–Crippen MR) is 139 cm³/mol. The number of likely N-dealkylation sites (tertiary alicyclic amines) is 1. The molecule has 9 nitrogen and oxygen atoms in total. The van der Waals surface area contributed by atoms with Gasteiger partial charge in [-0.2, -0.15) is 17.5 Å². The van der Waals surface area contributed by atoms with Gasteiger partial charge in [0.15, 0.2) is 5.69 Å². The molecule has 4 heterocycles. The van der Waals surface area contributed by atoms with Gasteiger partial charge < -0.3 is 20.3 Å². The number of pyridine rings is 1. The van der Waals surface area contributed by atoms with Crippen molar-refractivity contribution in [3.63, 3.8) is 0 Å². The van der Waals surface area contributed by atoms with E-state index in [1.165, 1.54) is 19.0 Å². The molecule has 13 heteroatoms. The minimum atomic E-state index is -4.59. The second kappa shape index (κ2) is 12.0. The molecule has 2 atom stereocenters. The highest BCUT2D eigenvalue weighted by atomic mass is 32.1. The van der Waals surface area contributed by atoms with Gasteiger partial charge in [-0.3, -0.25) is 4.79 Å². The summed E-state index contributed by atoms with van der Waals surface area (Å²) in [6, 6.07) is 3.44. The average Bonchev–Trinajstić information content (AvgIpc) is 3.25. The normalized spacial score (nSPS) is 18.3. The second-order valence-electron chi connectivity index (χ2n) is 9.30. The van der Waals surface area contributed by atoms with Crippen LogP contribution in [0.4, 0.5) is 29.7 Å². The highest BCUT2D eigenvalue weighted by molar-refractivity contribution is 7.10. The van der Waals surface area contributed by atoms with Crippen LogP contribution in [0.2, 0.25) is 0 Å². The maximum absolute atomic E-state index is 13.0. The van der Waals surface area contributed by atoms with Crippen LogP contribution in [0.3, 0.4) is 0 Å². The van der Waals surface area contributed by atoms with Crippen LogP contribution in [0.15, 0.2) is 30.7 Å². The van der Waals surface area contributed by atoms with E-state index in [0.717, 1.165) is 43.8 Å². The third kappa shape index (κ3) is 6.95. The standard InChI is InChI=1S/C25H30F3N7O2S/c1-4-5-9-35-10-8-18(15(2)14-35)37-21-7-6-17(11-31-21)32-23(36)22-16(3)34-38-24(22)33-20-13-29-19(12-30-20)25(26,27)28/h6-7,11-13,15,18H,4-5,8-10,14H2,1-3H3,(H,30,33)(H,32,36). The SMILES string of the molecule is CCCCN1CCC(Oc2ccc(NC(=O)c3c(C)nsc3Nc3cnc(C(F)(F)F)cn3)cn2)C(C)C1. The van der Waals surface area contributed by atoms with E-state index in [-0.39, 0.29) is 17.5 Å². The molecule has 2 unspecified atom stereocenters. The fourth-order valence-corrected chi connectivity index (χ4v) is 5.02. The van der Waals surface area contributed by atoms with Gasteiger partial charge in [-0.1, -0.05) is 20.3 Å². The number of aromatic nitrogens is 4. The number of unbranched alkanes of at least 4 members (excludes halogenated alkanes) is 1. The number of carbonyl (C=O) groups excluding carboxylic acids is 1. The first-order valence-corrected chi connectivity index (χ1v) is 13.2. The van der Waals surface area contributed by atoms with Crippen molar-refractivity contribution in [2.45, 2.75) is 52.3 Å². The van der Waals surface area contributed by atoms with Crippen LogP contribution in [0.25, 0.3) is 0 Å². The Labute approximate surface area is 223 Å². The molecule has 0 bridgehead atoms. The number of alkyl halides is 3. The highest BCUT2D eigenvalue weighted by Gasteiger charge is 2.33. The van der Waals surface area contributed by atoms with Gasteiger partial charge in [0.2, 0.25) is 5.88 Å². The van der Waals surface area contributed by atoms with Crippen molar-refractivity contribution in [2.75, 3.05) is 30.3 Å². The smallest absolute Gasteiger partial charge is 0.434 e. The van der Waals surface area contributed by atoms with Crippen molar-refractivity contribution in [1.29, 1.82) is 0 Å². The summed E-state index contributed by atoms with van der Waals surface area (Å²) < 4.78 is 48.5. The number of ether oxygens (including phenoxy) is 1. The Balaban J connectivity index is 1.35. The number of hydrogen-bond donors (Lipinski definition) is 2. The van der Waals surface area contributed by atoms with Crippen LogP contribution < -0.4 is 15.4 Å². The molecule has 38 heavy (non-hydrogen) atoms. The molecule has 0 aromatic carbocycles. The molecule has 0 saturated carbocycles. The summed E-state index contributed by atoms with van der Waals surface area (Å²) >= 11 is 0.995. The topological polar surface area (TPSA) is 105 Å². The third-order valence-corrected chi connectivity index (χ3v) is 7.13. The molecule has 1 saturated heterocycles. The summed E-state index contributed by atoms with van der Waals surface area (Å²) in [7, 11) is 0. The van der Waals surface area contributed by atoms with Crippen molar-refractivity contribution in [3.05, 3.63) is 47.7 Å². The van der Waals surface area contributed by atoms with E-state index >= 15 is 0 Å². The number of nitrogens with zero attached hydrogens (tertiary/aromatic N) is 5. The Bertz CT molecular complexity index is 1220. The first kappa shape index (κ1) is 27.7. The summed E-state index contributed by atoms with van der Waals surface area (Å²) in [6.07, 6.45) is 1.94. The molecule has 0 radical (unpaired) electrons. The van der Waals surface area contributed by atoms with E-state index in [1.807, 2.05) is 0 Å². The lowest BCUT2D eigenvalue weighted by Crippen LogP contribution is -2.44. The van der Waals surface area contributed by atoms with E-state index in [0.29, 0.717) is 34.4 Å². The summed E-state index contributed by atoms with van der Waals surface area (Å²) in [5, 5.41) is 5.94. The number of hydrogen-bond acceptors (Lipinski definition) is 9. The average molecular weight is 550 g/mol. The quantitative estimate of drug-likeness (QED) is 0.359. The van der Waals surface area contributed by atoms with Crippen molar-refractivity contribution in [1.82, 2.24) is 24.2 Å². The second-order valence-corrected chi connectivity index (χ2v) is 10.1. The van der Waals surface area contributed by atoms with Crippen LogP contribution in [0.5, 0.6) is 5.88 Å². The fraction of sp³-hybridized carbons (Fsp3) is 0.480. The van der Waals surface area contributed by atoms with Gasteiger partial charge >= 0.3 is 6.18 Å². The Morgan fingerprint density at radius 2 is 2.03 bits per heavy atom. The lowest BCUT2D eigenvalue weighted by molar-refractivity contribution is -0.141. The monoisotopic (exact) mass is 549 g/mol. The zero-order chi connectivity index (χ0) is 27.3. The number of carbonyl (C=O) groups is 1. The molecule has 3 aromatic rings. The Hall–Kier alpha value is -3.32. The fourth-order valence-electron chi connectivity index (χ4n) is 4.22. The molecule has 1 fully saturated rings. The van der Waals surface area contributed by atoms with Crippen molar-refractivity contribution < 1.29 is 22.7 Å². The number of anilines is 3. The molecule has 0 aliphatic carbocycles. The van der Waals surface area contributed by atoms with Crippen molar-refractivity contribution in [3.8, 4) is 5.88 Å². The summed E-state index contributed by atoms with van der Waals surface area (Å²) in [4.78, 5) is 27.0. The van der Waals surface area contributed by atoms with Crippen LogP contribution in [-0.2, 0) is 6.18 Å². The largest absolute Gasteiger partial charge is 0.474 e. The highest BCUT2D eigenvalue weighted by Crippen LogP contribution is 2.30. The number of aryl methyl sites for hydroxylation is 1. The number of amides is 1. The molecule has 1 amide bonds. The van der Waals surface area contributed by atoms with Crippen molar-refractivity contribution >= 4 is 33.9 Å². The maximum atomic E-state index is 13.0. The van der Waals surface area contributed by atoms with Crippen molar-refractivity contribution in [2.24, 2.45) is 5.92 Å². The minimum absolute atomic E-state index is 0.0595. The summed E-state index contributed by atoms with van der Waals surface area (Å²) in [5.74, 6) is 0.501. The van der Waals surface area contributed by atoms with Gasteiger partial charge in [0, 0.05) is 25.1 Å². The summed E-state index contributed by atoms with van der Waals surface area (Å²) in [5.41, 5.74) is 0.0757. The van der Waals surface area contributed by atoms with Gasteiger partial charge in [0.25, 0.3) is 5.91 Å². The van der Waals surface area contributed by atoms with E-state index < -0.39 is 17.8 Å². The van der Waals surface area contributed by atoms with Crippen LogP contribution >= 0.6 is 11.5 Å². The molecular formula is C25H30F3N7O2S. The molecule has 3 aromatic heterocycles. The van der Waals surface area contributed by atoms with Gasteiger partial charge in [-0.25, -0.2) is 15.0 Å². The van der Waals surface area contributed by atoms with Gasteiger partial charge in [-0.15, -0.1) is 0 Å². The number of piperidine rings is 1. The van der Waals surface area contributed by atoms with Gasteiger partial charge in [-0.05, 0) is 43.9 Å². The number of rotatable bonds is 9. The van der Waals surface area contributed by atoms with E-state index in [9.17, 15) is 18.0 Å². The summed E-state index contributed by atoms with van der Waals surface area (Å²) in [6.45, 7) is 9.18. The molecule has 204 valence electrons. The molecule has 0 spiro atoms. The van der Waals surface area contributed by atoms with E-state index in [2.05, 4.69) is 48.7 Å². The van der Waals surface area contributed by atoms with E-state index in [1.54, 1.807) is 19.1 Å². The lowest BCUT2D eigenvalue weighted by Gasteiger charge is -2.36. The number of halogens is 3. The first-order valence-electron chi connectivity index (χ1n) is 12.4. The minimum Gasteiger partial charge on any atom is -0.474 e. The Kier molecular flexibility index (Phi) is 8.77. The number of nitrogens with one attached hydrogen (secondary N) is 2. The maximum Gasteiger partial charge on any atom is 0.434 e. The van der Waals surface area contributed by atoms with E-state index in [4.69, 9.17) is 4.74 Å². The first-order chi connectivity index (χ1) is 18.1. The zero-order valence-corrected chi connectivity index (χ0v) is 22.2. The molecule has 1 aliphatic heterocycles. The Morgan fingerprint density at radius 3 is 2.66 bits per heavy atom. The molecule has 4 rings (SSSR count). The third-order valence-electron chi connectivity index (χ3n) is 6.28. The van der Waals surface area contributed by atoms with Crippen LogP contribution in [0, 0.1) is 12.8 Å². The van der Waals surface area contributed by atoms with Gasteiger partial charge in [0.05, 0.1) is 35.5 Å². The zero-order valence-electron chi connectivity index (χ0n) is 21.4. The molecule has 1 aliphatic rings. The Morgan fingerprint density at radius 1 is 1.21 bits per heavy atom. The lowest BCUT2D eigenvalue weighted by atomic mass is 9.96. The molecule has 2 N–H and O–H groups in total. The van der Waals surface area contributed by atoms with Crippen LogP contribution in [0.1, 0.15) is 54.9 Å². The predicted octanol–water partition coefficient (Wildman–Crippen LogP) is 5.54. The molecular weight excluding hydrogens is 519 g/mol. The van der Waals surface area contributed by atoms with Gasteiger partial charge in [0.1, 0.15) is 16.9 Å².